The van der Waals surface area contributed by atoms with Crippen molar-refractivity contribution in [2.45, 2.75) is 44.4 Å². The molecule has 0 aliphatic heterocycles. The van der Waals surface area contributed by atoms with E-state index >= 15 is 0 Å². The molecule has 0 spiro atoms. The number of H-pyrrole nitrogens is 1. The normalized spacial score (nSPS) is 19.4. The van der Waals surface area contributed by atoms with Gasteiger partial charge in [0, 0.05) is 23.7 Å². The lowest BCUT2D eigenvalue weighted by Crippen LogP contribution is -2.18. The highest BCUT2D eigenvalue weighted by Gasteiger charge is 2.50. The van der Waals surface area contributed by atoms with Crippen LogP contribution in [0.3, 0.4) is 0 Å². The summed E-state index contributed by atoms with van der Waals surface area (Å²) < 4.78 is 0. The number of hydrogen-bond donors (Lipinski definition) is 2. The van der Waals surface area contributed by atoms with Gasteiger partial charge in [-0.05, 0) is 60.9 Å². The highest BCUT2D eigenvalue weighted by atomic mass is 16.4. The van der Waals surface area contributed by atoms with Crippen LogP contribution in [-0.2, 0) is 16.6 Å². The highest BCUT2D eigenvalue weighted by Crippen LogP contribution is 2.49. The summed E-state index contributed by atoms with van der Waals surface area (Å²) in [5.74, 6) is -0.705. The third-order valence-corrected chi connectivity index (χ3v) is 6.12. The number of aliphatic carboxylic acids is 1. The van der Waals surface area contributed by atoms with Crippen molar-refractivity contribution in [2.24, 2.45) is 5.41 Å². The summed E-state index contributed by atoms with van der Waals surface area (Å²) in [6.45, 7) is 2.30. The first-order valence-corrected chi connectivity index (χ1v) is 9.16. The fraction of sp³-hybridized carbons (Fsp3) is 0.381. The van der Waals surface area contributed by atoms with Gasteiger partial charge in [-0.2, -0.15) is 0 Å². The Kier molecular flexibility index (Phi) is 3.09. The molecule has 2 N–H and O–H groups in total. The van der Waals surface area contributed by atoms with E-state index in [1.54, 1.807) is 6.20 Å². The maximum atomic E-state index is 11.4. The van der Waals surface area contributed by atoms with Gasteiger partial charge in [-0.1, -0.05) is 6.92 Å². The van der Waals surface area contributed by atoms with Crippen LogP contribution in [0.1, 0.15) is 43.9 Å². The van der Waals surface area contributed by atoms with E-state index in [1.165, 1.54) is 18.4 Å². The molecule has 5 nitrogen and oxygen atoms in total. The molecule has 26 heavy (non-hydrogen) atoms. The fourth-order valence-electron chi connectivity index (χ4n) is 3.70. The van der Waals surface area contributed by atoms with Crippen LogP contribution in [0.2, 0.25) is 0 Å². The van der Waals surface area contributed by atoms with Gasteiger partial charge in [-0.15, -0.1) is 0 Å². The molecule has 5 rings (SSSR count). The molecule has 0 atom stereocenters. The van der Waals surface area contributed by atoms with Crippen LogP contribution in [0, 0.1) is 5.41 Å². The summed E-state index contributed by atoms with van der Waals surface area (Å²) in [4.78, 5) is 23.8. The van der Waals surface area contributed by atoms with E-state index in [-0.39, 0.29) is 0 Å². The van der Waals surface area contributed by atoms with Crippen LogP contribution < -0.4 is 0 Å². The van der Waals surface area contributed by atoms with Crippen LogP contribution >= 0.6 is 0 Å². The molecule has 3 aromatic heterocycles. The number of rotatable bonds is 5. The van der Waals surface area contributed by atoms with Crippen molar-refractivity contribution in [2.75, 3.05) is 0 Å². The molecule has 0 saturated heterocycles. The number of fused-ring (bicyclic) bond motifs is 1. The maximum absolute atomic E-state index is 11.4. The highest BCUT2D eigenvalue weighted by molar-refractivity contribution is 5.85. The number of pyridine rings is 2. The molecule has 5 heteroatoms. The number of carbonyl (C=O) groups is 1. The minimum absolute atomic E-state index is 0.313. The smallest absolute Gasteiger partial charge is 0.310 e. The minimum Gasteiger partial charge on any atom is -0.481 e. The van der Waals surface area contributed by atoms with Crippen molar-refractivity contribution in [3.63, 3.8) is 0 Å². The summed E-state index contributed by atoms with van der Waals surface area (Å²) in [6.07, 6.45) is 8.16. The quantitative estimate of drug-likeness (QED) is 0.729. The molecule has 2 fully saturated rings. The Morgan fingerprint density at radius 2 is 2.00 bits per heavy atom. The lowest BCUT2D eigenvalue weighted by atomic mass is 9.98. The van der Waals surface area contributed by atoms with Crippen LogP contribution in [-0.4, -0.2) is 26.0 Å². The van der Waals surface area contributed by atoms with Crippen molar-refractivity contribution in [3.05, 3.63) is 47.9 Å². The average Bonchev–Trinajstić information content (AvgIpc) is 3.53. The molecule has 132 valence electrons. The van der Waals surface area contributed by atoms with Crippen LogP contribution in [0.4, 0.5) is 0 Å². The lowest BCUT2D eigenvalue weighted by Gasteiger charge is -2.09. The van der Waals surface area contributed by atoms with Crippen LogP contribution in [0.15, 0.2) is 36.7 Å². The largest absolute Gasteiger partial charge is 0.481 e. The predicted molar refractivity (Wildman–Crippen MR) is 98.9 cm³/mol. The Hall–Kier alpha value is -2.69. The zero-order valence-corrected chi connectivity index (χ0v) is 14.7. The number of aromatic nitrogens is 3. The monoisotopic (exact) mass is 347 g/mol. The first kappa shape index (κ1) is 15.6. The number of nitrogens with zero attached hydrogens (tertiary/aromatic N) is 2. The summed E-state index contributed by atoms with van der Waals surface area (Å²) >= 11 is 0. The second-order valence-electron chi connectivity index (χ2n) is 8.20. The molecule has 0 amide bonds. The van der Waals surface area contributed by atoms with Crippen molar-refractivity contribution < 1.29 is 9.90 Å². The topological polar surface area (TPSA) is 78.9 Å². The number of hydrogen-bond acceptors (Lipinski definition) is 3. The van der Waals surface area contributed by atoms with Gasteiger partial charge in [0.05, 0.1) is 28.5 Å². The third kappa shape index (κ3) is 2.50. The molecule has 2 aliphatic carbocycles. The number of carboxylic acids is 1. The van der Waals surface area contributed by atoms with Crippen molar-refractivity contribution in [1.29, 1.82) is 0 Å². The van der Waals surface area contributed by atoms with E-state index in [9.17, 15) is 9.90 Å². The number of carboxylic acid groups (broad SMARTS) is 1. The van der Waals surface area contributed by atoms with E-state index in [4.69, 9.17) is 0 Å². The van der Waals surface area contributed by atoms with Gasteiger partial charge < -0.3 is 10.1 Å². The van der Waals surface area contributed by atoms with Crippen molar-refractivity contribution in [3.8, 4) is 11.4 Å². The maximum Gasteiger partial charge on any atom is 0.310 e. The Balaban J connectivity index is 1.48. The molecular formula is C21H21N3O2. The predicted octanol–water partition coefficient (Wildman–Crippen LogP) is 4.08. The first-order valence-electron chi connectivity index (χ1n) is 9.16. The van der Waals surface area contributed by atoms with Gasteiger partial charge in [0.1, 0.15) is 0 Å². The summed E-state index contributed by atoms with van der Waals surface area (Å²) in [5.41, 5.74) is 4.78. The number of aromatic amines is 1. The van der Waals surface area contributed by atoms with Gasteiger partial charge in [0.25, 0.3) is 0 Å². The van der Waals surface area contributed by atoms with Crippen LogP contribution in [0.5, 0.6) is 0 Å². The van der Waals surface area contributed by atoms with Gasteiger partial charge in [0.15, 0.2) is 0 Å². The zero-order valence-electron chi connectivity index (χ0n) is 14.7. The summed E-state index contributed by atoms with van der Waals surface area (Å²) in [5, 5.41) is 10.4. The molecule has 0 bridgehead atoms. The minimum atomic E-state index is -0.705. The fourth-order valence-corrected chi connectivity index (χ4v) is 3.70. The van der Waals surface area contributed by atoms with Gasteiger partial charge in [-0.3, -0.25) is 14.8 Å². The second-order valence-corrected chi connectivity index (χ2v) is 8.20. The SMILES string of the molecule is CC1(c2ccnc(-c3cc4cc(CC5(C(=O)O)CC5)ncc4[nH]3)c2)CC1. The molecule has 2 aliphatic rings. The molecule has 2 saturated carbocycles. The Morgan fingerprint density at radius 1 is 1.19 bits per heavy atom. The molecule has 0 aromatic carbocycles. The van der Waals surface area contributed by atoms with E-state index in [2.05, 4.69) is 40.1 Å². The molecule has 3 heterocycles. The average molecular weight is 347 g/mol. The van der Waals surface area contributed by atoms with Gasteiger partial charge >= 0.3 is 5.97 Å². The Bertz CT molecular complexity index is 1030. The second kappa shape index (κ2) is 5.16. The van der Waals surface area contributed by atoms with E-state index < -0.39 is 11.4 Å². The summed E-state index contributed by atoms with van der Waals surface area (Å²) in [7, 11) is 0. The zero-order chi connectivity index (χ0) is 17.9. The van der Waals surface area contributed by atoms with Crippen LogP contribution in [0.25, 0.3) is 22.3 Å². The van der Waals surface area contributed by atoms with Gasteiger partial charge in [0.2, 0.25) is 0 Å². The Morgan fingerprint density at radius 3 is 2.69 bits per heavy atom. The third-order valence-electron chi connectivity index (χ3n) is 6.12. The van der Waals surface area contributed by atoms with Gasteiger partial charge in [-0.25, -0.2) is 0 Å². The van der Waals surface area contributed by atoms with Crippen molar-refractivity contribution >= 4 is 16.9 Å². The Labute approximate surface area is 151 Å². The number of nitrogens with one attached hydrogen (secondary N) is 1. The molecule has 0 unspecified atom stereocenters. The summed E-state index contributed by atoms with van der Waals surface area (Å²) in [6, 6.07) is 8.38. The van der Waals surface area contributed by atoms with E-state index in [1.807, 2.05) is 12.3 Å². The molecular weight excluding hydrogens is 326 g/mol. The molecule has 3 aromatic rings. The van der Waals surface area contributed by atoms with E-state index in [0.29, 0.717) is 11.8 Å². The van der Waals surface area contributed by atoms with Crippen molar-refractivity contribution in [1.82, 2.24) is 15.0 Å². The lowest BCUT2D eigenvalue weighted by molar-refractivity contribution is -0.143. The van der Waals surface area contributed by atoms with E-state index in [0.717, 1.165) is 40.8 Å². The first-order chi connectivity index (χ1) is 12.5. The molecule has 0 radical (unpaired) electrons. The standard InChI is InChI=1S/C21H21N3O2/c1-20(3-4-20)14-2-7-22-16(10-14)17-9-13-8-15(23-12-18(13)24-17)11-21(5-6-21)19(25)26/h2,7-10,12,24H,3-6,11H2,1H3,(H,25,26).